The predicted octanol–water partition coefficient (Wildman–Crippen LogP) is 7.92. The van der Waals surface area contributed by atoms with Crippen molar-refractivity contribution in [2.24, 2.45) is 11.8 Å². The van der Waals surface area contributed by atoms with Crippen LogP contribution in [-0.4, -0.2) is 34.3 Å². The summed E-state index contributed by atoms with van der Waals surface area (Å²) in [5.74, 6) is 2.14. The molecule has 1 aliphatic carbocycles. The summed E-state index contributed by atoms with van der Waals surface area (Å²) < 4.78 is 6.43. The molecule has 0 spiro atoms. The molecule has 3 aliphatic rings. The largest absolute Gasteiger partial charge is 0.489 e. The van der Waals surface area contributed by atoms with Gasteiger partial charge >= 0.3 is 0 Å². The van der Waals surface area contributed by atoms with Gasteiger partial charge in [-0.15, -0.1) is 0 Å². The minimum absolute atomic E-state index is 0.199. The molecule has 0 radical (unpaired) electrons. The highest BCUT2D eigenvalue weighted by Crippen LogP contribution is 2.44. The summed E-state index contributed by atoms with van der Waals surface area (Å²) in [6.07, 6.45) is 12.2. The monoisotopic (exact) mass is 483 g/mol. The maximum Gasteiger partial charge on any atom is 0.138 e. The van der Waals surface area contributed by atoms with E-state index in [-0.39, 0.29) is 12.2 Å². The molecule has 2 saturated heterocycles. The molecule has 5 rings (SSSR count). The summed E-state index contributed by atoms with van der Waals surface area (Å²) in [6.45, 7) is 6.63. The zero-order chi connectivity index (χ0) is 23.8. The van der Waals surface area contributed by atoms with Crippen LogP contribution in [-0.2, 0) is 0 Å². The van der Waals surface area contributed by atoms with E-state index in [1.807, 2.05) is 6.92 Å². The second-order valence-electron chi connectivity index (χ2n) is 11.4. The lowest BCUT2D eigenvalue weighted by molar-refractivity contribution is -0.0440. The Kier molecular flexibility index (Phi) is 7.44. The molecule has 3 fully saturated rings. The van der Waals surface area contributed by atoms with E-state index in [4.69, 9.17) is 16.3 Å². The van der Waals surface area contributed by atoms with Gasteiger partial charge in [-0.05, 0) is 100 Å². The maximum absolute atomic E-state index is 10.2. The Bertz CT molecular complexity index is 969. The quantitative estimate of drug-likeness (QED) is 0.453. The molecule has 1 N–H and O–H groups in total. The molecule has 4 heteroatoms. The summed E-state index contributed by atoms with van der Waals surface area (Å²) >= 11 is 6.96. The third-order valence-corrected chi connectivity index (χ3v) is 9.68. The van der Waals surface area contributed by atoms with Crippen LogP contribution in [0.1, 0.15) is 96.6 Å². The zero-order valence-electron chi connectivity index (χ0n) is 21.2. The van der Waals surface area contributed by atoms with Gasteiger partial charge in [0.1, 0.15) is 5.75 Å². The minimum Gasteiger partial charge on any atom is -0.489 e. The van der Waals surface area contributed by atoms with Crippen LogP contribution in [0, 0.1) is 11.8 Å². The topological polar surface area (TPSA) is 32.7 Å². The van der Waals surface area contributed by atoms with Gasteiger partial charge in [0.2, 0.25) is 0 Å². The summed E-state index contributed by atoms with van der Waals surface area (Å²) in [7, 11) is 0. The number of hydrogen-bond donors (Lipinski definition) is 1. The molecule has 0 amide bonds. The fourth-order valence-corrected chi connectivity index (χ4v) is 7.40. The summed E-state index contributed by atoms with van der Waals surface area (Å²) in [5, 5.41) is 13.3. The van der Waals surface area contributed by atoms with Gasteiger partial charge in [0.25, 0.3) is 0 Å². The van der Waals surface area contributed by atoms with Crippen molar-refractivity contribution < 1.29 is 9.84 Å². The Morgan fingerprint density at radius 3 is 2.32 bits per heavy atom. The minimum atomic E-state index is -0.199. The Labute approximate surface area is 210 Å². The van der Waals surface area contributed by atoms with Crippen molar-refractivity contribution >= 4 is 22.4 Å². The first-order valence-corrected chi connectivity index (χ1v) is 14.2. The Balaban J connectivity index is 1.36. The standard InChI is InChI=1S/C30H42ClNO2/c1-4-21-8-13-27(14-9-21)34-29-15-12-22-10-11-23(18-28(22)30(29)31)19(2)32-25-6-5-7-26(32)17-24(16-25)20(3)33/h10-12,15,18-21,24-27,33H,4-9,13-14,16-17H2,1-3H3. The fraction of sp³-hybridized carbons (Fsp3) is 0.667. The number of ether oxygens (including phenoxy) is 1. The molecule has 3 nitrogen and oxygen atoms in total. The van der Waals surface area contributed by atoms with Crippen LogP contribution < -0.4 is 4.74 Å². The number of halogens is 1. The fourth-order valence-electron chi connectivity index (χ4n) is 7.13. The molecule has 4 unspecified atom stereocenters. The molecule has 2 aliphatic heterocycles. The Morgan fingerprint density at radius 1 is 1.00 bits per heavy atom. The number of rotatable bonds is 6. The van der Waals surface area contributed by atoms with Crippen LogP contribution in [0.2, 0.25) is 5.02 Å². The summed E-state index contributed by atoms with van der Waals surface area (Å²) in [5.41, 5.74) is 1.34. The van der Waals surface area contributed by atoms with Crippen LogP contribution >= 0.6 is 11.6 Å². The van der Waals surface area contributed by atoms with E-state index in [1.165, 1.54) is 49.5 Å². The van der Waals surface area contributed by atoms with Gasteiger partial charge in [0.05, 0.1) is 17.2 Å². The number of aliphatic hydroxyl groups excluding tert-OH is 1. The SMILES string of the molecule is CCC1CCC(Oc2ccc3ccc(C(C)N4C5CCCC4CC(C(C)O)C5)cc3c2Cl)CC1. The third kappa shape index (κ3) is 4.86. The highest BCUT2D eigenvalue weighted by Gasteiger charge is 2.41. The molecule has 2 aromatic carbocycles. The molecular formula is C30H42ClNO2. The smallest absolute Gasteiger partial charge is 0.138 e. The molecule has 2 heterocycles. The molecule has 2 aromatic rings. The first-order valence-electron chi connectivity index (χ1n) is 13.8. The first-order chi connectivity index (χ1) is 16.4. The molecular weight excluding hydrogens is 442 g/mol. The van der Waals surface area contributed by atoms with Gasteiger partial charge in [-0.3, -0.25) is 4.90 Å². The first kappa shape index (κ1) is 24.4. The zero-order valence-corrected chi connectivity index (χ0v) is 21.9. The molecule has 2 bridgehead atoms. The summed E-state index contributed by atoms with van der Waals surface area (Å²) in [6, 6.07) is 12.5. The lowest BCUT2D eigenvalue weighted by Crippen LogP contribution is -2.54. The van der Waals surface area contributed by atoms with Crippen LogP contribution in [0.3, 0.4) is 0 Å². The van der Waals surface area contributed by atoms with Gasteiger partial charge in [-0.25, -0.2) is 0 Å². The van der Waals surface area contributed by atoms with Crippen molar-refractivity contribution in [1.82, 2.24) is 4.90 Å². The van der Waals surface area contributed by atoms with Crippen LogP contribution in [0.25, 0.3) is 10.8 Å². The highest BCUT2D eigenvalue weighted by atomic mass is 35.5. The lowest BCUT2D eigenvalue weighted by atomic mass is 9.75. The van der Waals surface area contributed by atoms with Crippen LogP contribution in [0.4, 0.5) is 0 Å². The van der Waals surface area contributed by atoms with E-state index in [2.05, 4.69) is 49.1 Å². The van der Waals surface area contributed by atoms with Gasteiger partial charge in [-0.2, -0.15) is 0 Å². The number of aliphatic hydroxyl groups is 1. The van der Waals surface area contributed by atoms with Crippen molar-refractivity contribution in [3.63, 3.8) is 0 Å². The normalized spacial score (nSPS) is 31.9. The van der Waals surface area contributed by atoms with Crippen molar-refractivity contribution in [1.29, 1.82) is 0 Å². The average Bonchev–Trinajstić information content (AvgIpc) is 2.84. The molecule has 1 saturated carbocycles. The van der Waals surface area contributed by atoms with Crippen molar-refractivity contribution in [3.8, 4) is 5.75 Å². The molecule has 186 valence electrons. The second-order valence-corrected chi connectivity index (χ2v) is 11.7. The van der Waals surface area contributed by atoms with Crippen molar-refractivity contribution in [2.45, 2.75) is 115 Å². The lowest BCUT2D eigenvalue weighted by Gasteiger charge is -2.52. The van der Waals surface area contributed by atoms with E-state index in [0.717, 1.165) is 47.8 Å². The van der Waals surface area contributed by atoms with Crippen LogP contribution in [0.15, 0.2) is 30.3 Å². The number of benzene rings is 2. The van der Waals surface area contributed by atoms with Crippen molar-refractivity contribution in [3.05, 3.63) is 40.9 Å². The number of piperidine rings is 2. The van der Waals surface area contributed by atoms with E-state index < -0.39 is 0 Å². The number of fused-ring (bicyclic) bond motifs is 3. The number of hydrogen-bond acceptors (Lipinski definition) is 3. The summed E-state index contributed by atoms with van der Waals surface area (Å²) in [4.78, 5) is 2.75. The van der Waals surface area contributed by atoms with Gasteiger partial charge in [-0.1, -0.05) is 49.6 Å². The molecule has 34 heavy (non-hydrogen) atoms. The third-order valence-electron chi connectivity index (χ3n) is 9.29. The highest BCUT2D eigenvalue weighted by molar-refractivity contribution is 6.37. The molecule has 4 atom stereocenters. The van der Waals surface area contributed by atoms with Crippen molar-refractivity contribution in [2.75, 3.05) is 0 Å². The van der Waals surface area contributed by atoms with E-state index in [9.17, 15) is 5.11 Å². The van der Waals surface area contributed by atoms with Gasteiger partial charge < -0.3 is 9.84 Å². The second kappa shape index (κ2) is 10.4. The average molecular weight is 484 g/mol. The van der Waals surface area contributed by atoms with Gasteiger partial charge in [0, 0.05) is 23.5 Å². The van der Waals surface area contributed by atoms with Crippen LogP contribution in [0.5, 0.6) is 5.75 Å². The van der Waals surface area contributed by atoms with E-state index in [0.29, 0.717) is 24.0 Å². The predicted molar refractivity (Wildman–Crippen MR) is 142 cm³/mol. The number of nitrogens with zero attached hydrogens (tertiary/aromatic N) is 1. The van der Waals surface area contributed by atoms with E-state index >= 15 is 0 Å². The Hall–Kier alpha value is -1.29. The van der Waals surface area contributed by atoms with Gasteiger partial charge in [0.15, 0.2) is 0 Å². The van der Waals surface area contributed by atoms with E-state index in [1.54, 1.807) is 0 Å². The Morgan fingerprint density at radius 2 is 1.68 bits per heavy atom. The molecule has 0 aromatic heterocycles. The maximum atomic E-state index is 10.2.